The molecule has 12 heteroatoms. The molecule has 164 valence electrons. The average Bonchev–Trinajstić information content (AvgIpc) is 2.98. The molecule has 1 atom stereocenters. The van der Waals surface area contributed by atoms with Gasteiger partial charge in [-0.15, -0.1) is 0 Å². The standard InChI is InChI=1S/C18H23BrN4O5S2/c1-10(2)9-28-12-7-5-4-6-11(12)21-13(24)8-14(25)22-18-23-15(16(19)29-18)17(20)30(3,26)27/h4-7,10,17H,8-9,20H2,1-3H3,(H,21,24)(H,22,23,25). The topological polar surface area (TPSA) is 140 Å². The molecule has 2 amide bonds. The Hall–Kier alpha value is -2.02. The summed E-state index contributed by atoms with van der Waals surface area (Å²) in [7, 11) is -3.56. The molecule has 2 rings (SSSR count). The number of carbonyl (C=O) groups is 2. The van der Waals surface area contributed by atoms with Crippen molar-refractivity contribution < 1.29 is 22.7 Å². The zero-order valence-electron chi connectivity index (χ0n) is 16.6. The van der Waals surface area contributed by atoms with Crippen LogP contribution in [0.1, 0.15) is 31.3 Å². The lowest BCUT2D eigenvalue weighted by molar-refractivity contribution is -0.123. The van der Waals surface area contributed by atoms with Crippen molar-refractivity contribution in [2.75, 3.05) is 23.5 Å². The van der Waals surface area contributed by atoms with Crippen LogP contribution in [-0.4, -0.2) is 38.1 Å². The number of hydrogen-bond donors (Lipinski definition) is 3. The van der Waals surface area contributed by atoms with Gasteiger partial charge in [0.15, 0.2) is 20.3 Å². The lowest BCUT2D eigenvalue weighted by Gasteiger charge is -2.13. The smallest absolute Gasteiger partial charge is 0.235 e. The predicted molar refractivity (Wildman–Crippen MR) is 120 cm³/mol. The van der Waals surface area contributed by atoms with E-state index in [9.17, 15) is 18.0 Å². The number of carbonyl (C=O) groups excluding carboxylic acids is 2. The van der Waals surface area contributed by atoms with E-state index in [4.69, 9.17) is 10.5 Å². The molecule has 1 unspecified atom stereocenters. The number of anilines is 2. The molecule has 0 aliphatic heterocycles. The Balaban J connectivity index is 1.99. The van der Waals surface area contributed by atoms with E-state index in [-0.39, 0.29) is 10.8 Å². The zero-order valence-corrected chi connectivity index (χ0v) is 19.9. The third kappa shape index (κ3) is 7.04. The first kappa shape index (κ1) is 24.3. The number of rotatable bonds is 9. The molecule has 1 aromatic heterocycles. The molecule has 1 aromatic carbocycles. The maximum absolute atomic E-state index is 12.3. The largest absolute Gasteiger partial charge is 0.491 e. The molecule has 0 fully saturated rings. The molecule has 9 nitrogen and oxygen atoms in total. The average molecular weight is 519 g/mol. The van der Waals surface area contributed by atoms with Gasteiger partial charge in [-0.2, -0.15) is 0 Å². The van der Waals surface area contributed by atoms with E-state index in [1.54, 1.807) is 24.3 Å². The van der Waals surface area contributed by atoms with Gasteiger partial charge in [-0.3, -0.25) is 9.59 Å². The van der Waals surface area contributed by atoms with Crippen molar-refractivity contribution in [3.8, 4) is 5.75 Å². The molecular weight excluding hydrogens is 496 g/mol. The highest BCUT2D eigenvalue weighted by atomic mass is 79.9. The number of halogens is 1. The molecule has 0 aliphatic carbocycles. The fourth-order valence-corrected chi connectivity index (χ4v) is 4.55. The molecule has 0 saturated heterocycles. The lowest BCUT2D eigenvalue weighted by Crippen LogP contribution is -2.23. The van der Waals surface area contributed by atoms with Crippen molar-refractivity contribution >= 4 is 59.7 Å². The van der Waals surface area contributed by atoms with Crippen LogP contribution in [0.15, 0.2) is 28.1 Å². The third-order valence-corrected chi connectivity index (χ3v) is 6.45. The summed E-state index contributed by atoms with van der Waals surface area (Å²) in [4.78, 5) is 28.5. The molecule has 0 saturated carbocycles. The van der Waals surface area contributed by atoms with Gasteiger partial charge in [0.2, 0.25) is 11.8 Å². The number of amides is 2. The zero-order chi connectivity index (χ0) is 22.5. The van der Waals surface area contributed by atoms with Crippen LogP contribution in [0.3, 0.4) is 0 Å². The second-order valence-electron chi connectivity index (χ2n) is 6.90. The molecular formula is C18H23BrN4O5S2. The van der Waals surface area contributed by atoms with Gasteiger partial charge in [-0.25, -0.2) is 13.4 Å². The van der Waals surface area contributed by atoms with E-state index in [0.717, 1.165) is 17.6 Å². The molecule has 0 bridgehead atoms. The third-order valence-electron chi connectivity index (χ3n) is 3.64. The summed E-state index contributed by atoms with van der Waals surface area (Å²) in [6.45, 7) is 4.51. The van der Waals surface area contributed by atoms with Crippen LogP contribution < -0.4 is 21.1 Å². The highest BCUT2D eigenvalue weighted by Gasteiger charge is 2.25. The van der Waals surface area contributed by atoms with Crippen LogP contribution in [-0.2, 0) is 19.4 Å². The minimum absolute atomic E-state index is 0.0958. The molecule has 0 aliphatic rings. The van der Waals surface area contributed by atoms with Gasteiger partial charge < -0.3 is 21.1 Å². The summed E-state index contributed by atoms with van der Waals surface area (Å²) in [6.07, 6.45) is 0.540. The number of para-hydroxylation sites is 2. The summed E-state index contributed by atoms with van der Waals surface area (Å²) < 4.78 is 29.3. The van der Waals surface area contributed by atoms with Gasteiger partial charge in [0.05, 0.1) is 16.1 Å². The van der Waals surface area contributed by atoms with E-state index in [1.807, 2.05) is 13.8 Å². The molecule has 0 spiro atoms. The van der Waals surface area contributed by atoms with E-state index >= 15 is 0 Å². The first-order chi connectivity index (χ1) is 14.0. The van der Waals surface area contributed by atoms with Crippen LogP contribution in [0.2, 0.25) is 0 Å². The minimum atomic E-state index is -3.56. The second kappa shape index (κ2) is 10.3. The van der Waals surface area contributed by atoms with Gasteiger partial charge in [0, 0.05) is 6.26 Å². The minimum Gasteiger partial charge on any atom is -0.491 e. The maximum atomic E-state index is 12.3. The van der Waals surface area contributed by atoms with Crippen molar-refractivity contribution in [1.29, 1.82) is 0 Å². The van der Waals surface area contributed by atoms with Crippen LogP contribution in [0.5, 0.6) is 5.75 Å². The van der Waals surface area contributed by atoms with Gasteiger partial charge in [-0.1, -0.05) is 37.3 Å². The Kier molecular flexibility index (Phi) is 8.35. The Morgan fingerprint density at radius 3 is 2.50 bits per heavy atom. The first-order valence-corrected chi connectivity index (χ1v) is 12.5. The summed E-state index contributed by atoms with van der Waals surface area (Å²) in [5, 5.41) is 3.95. The van der Waals surface area contributed by atoms with Crippen LogP contribution in [0.4, 0.5) is 10.8 Å². The fourth-order valence-electron chi connectivity index (χ4n) is 2.20. The van der Waals surface area contributed by atoms with Crippen molar-refractivity contribution in [2.45, 2.75) is 25.6 Å². The van der Waals surface area contributed by atoms with Gasteiger partial charge in [-0.05, 0) is 34.0 Å². The van der Waals surface area contributed by atoms with Crippen molar-refractivity contribution in [2.24, 2.45) is 11.7 Å². The number of sulfone groups is 1. The number of ether oxygens (including phenoxy) is 1. The number of hydrogen-bond acceptors (Lipinski definition) is 8. The van der Waals surface area contributed by atoms with Gasteiger partial charge in [0.25, 0.3) is 0 Å². The normalized spacial score (nSPS) is 12.5. The van der Waals surface area contributed by atoms with E-state index < -0.39 is 33.4 Å². The first-order valence-electron chi connectivity index (χ1n) is 8.89. The number of benzene rings is 1. The van der Waals surface area contributed by atoms with E-state index in [1.165, 1.54) is 0 Å². The van der Waals surface area contributed by atoms with Crippen LogP contribution in [0, 0.1) is 5.92 Å². The van der Waals surface area contributed by atoms with Gasteiger partial charge >= 0.3 is 0 Å². The summed E-state index contributed by atoms with van der Waals surface area (Å²) in [5.41, 5.74) is 6.24. The Morgan fingerprint density at radius 2 is 1.87 bits per heavy atom. The fraction of sp³-hybridized carbons (Fsp3) is 0.389. The molecule has 1 heterocycles. The molecule has 2 aromatic rings. The SMILES string of the molecule is CC(C)COc1ccccc1NC(=O)CC(=O)Nc1nc(C(N)S(C)(=O)=O)c(Br)s1. The molecule has 0 radical (unpaired) electrons. The van der Waals surface area contributed by atoms with Crippen LogP contribution >= 0.6 is 27.3 Å². The number of nitrogens with two attached hydrogens (primary N) is 1. The highest BCUT2D eigenvalue weighted by molar-refractivity contribution is 9.11. The van der Waals surface area contributed by atoms with E-state index in [0.29, 0.717) is 27.7 Å². The van der Waals surface area contributed by atoms with Gasteiger partial charge in [0.1, 0.15) is 17.9 Å². The van der Waals surface area contributed by atoms with Crippen molar-refractivity contribution in [3.05, 3.63) is 33.7 Å². The van der Waals surface area contributed by atoms with E-state index in [2.05, 4.69) is 31.5 Å². The molecule has 30 heavy (non-hydrogen) atoms. The summed E-state index contributed by atoms with van der Waals surface area (Å²) in [6, 6.07) is 6.95. The summed E-state index contributed by atoms with van der Waals surface area (Å²) in [5.74, 6) is -0.299. The quantitative estimate of drug-likeness (QED) is 0.433. The maximum Gasteiger partial charge on any atom is 0.235 e. The number of nitrogens with zero attached hydrogens (tertiary/aromatic N) is 1. The Bertz CT molecular complexity index is 1020. The van der Waals surface area contributed by atoms with Crippen molar-refractivity contribution in [3.63, 3.8) is 0 Å². The lowest BCUT2D eigenvalue weighted by atomic mass is 10.2. The molecule has 4 N–H and O–H groups in total. The predicted octanol–water partition coefficient (Wildman–Crippen LogP) is 2.91. The number of aromatic nitrogens is 1. The Morgan fingerprint density at radius 1 is 1.23 bits per heavy atom. The highest BCUT2D eigenvalue weighted by Crippen LogP contribution is 2.33. The Labute approximate surface area is 187 Å². The second-order valence-corrected chi connectivity index (χ2v) is 11.4. The number of nitrogens with one attached hydrogen (secondary N) is 2. The summed E-state index contributed by atoms with van der Waals surface area (Å²) >= 11 is 4.20. The number of thiazole rings is 1. The van der Waals surface area contributed by atoms with Crippen molar-refractivity contribution in [1.82, 2.24) is 4.98 Å². The van der Waals surface area contributed by atoms with Crippen LogP contribution in [0.25, 0.3) is 0 Å². The monoisotopic (exact) mass is 518 g/mol.